The molecule has 3 aromatic rings. The van der Waals surface area contributed by atoms with Gasteiger partial charge in [0.2, 0.25) is 0 Å². The van der Waals surface area contributed by atoms with E-state index in [2.05, 4.69) is 15.5 Å². The summed E-state index contributed by atoms with van der Waals surface area (Å²) >= 11 is 6.03. The predicted molar refractivity (Wildman–Crippen MR) is 112 cm³/mol. The van der Waals surface area contributed by atoms with Crippen LogP contribution in [0.4, 0.5) is 5.69 Å². The molecule has 0 spiro atoms. The zero-order chi connectivity index (χ0) is 20.7. The van der Waals surface area contributed by atoms with Crippen molar-refractivity contribution < 1.29 is 13.2 Å². The fraction of sp³-hybridized carbons (Fsp3) is 0.0500. The monoisotopic (exact) mass is 428 g/mol. The second-order valence-corrected chi connectivity index (χ2v) is 8.12. The summed E-state index contributed by atoms with van der Waals surface area (Å²) in [5.74, 6) is -0.614. The molecule has 0 radical (unpaired) electrons. The molecule has 0 aliphatic carbocycles. The van der Waals surface area contributed by atoms with Crippen molar-refractivity contribution in [3.63, 3.8) is 0 Å². The van der Waals surface area contributed by atoms with Crippen LogP contribution < -0.4 is 9.73 Å². The summed E-state index contributed by atoms with van der Waals surface area (Å²) in [6, 6.07) is 18.0. The molecule has 0 saturated carbocycles. The van der Waals surface area contributed by atoms with Gasteiger partial charge in [-0.2, -0.15) is 5.10 Å². The van der Waals surface area contributed by atoms with Gasteiger partial charge in [-0.05, 0) is 30.3 Å². The second-order valence-electron chi connectivity index (χ2n) is 5.85. The molecule has 0 unspecified atom stereocenters. The second kappa shape index (κ2) is 9.31. The molecule has 148 valence electrons. The average Bonchev–Trinajstić information content (AvgIpc) is 2.74. The molecule has 0 fully saturated rings. The molecule has 2 aromatic carbocycles. The Kier molecular flexibility index (Phi) is 6.58. The number of hydrazone groups is 1. The Bertz CT molecular complexity index is 1110. The average molecular weight is 429 g/mol. The van der Waals surface area contributed by atoms with Crippen molar-refractivity contribution in [3.05, 3.63) is 89.7 Å². The van der Waals surface area contributed by atoms with Gasteiger partial charge >= 0.3 is 0 Å². The van der Waals surface area contributed by atoms with Crippen LogP contribution in [0.25, 0.3) is 0 Å². The van der Waals surface area contributed by atoms with Crippen molar-refractivity contribution in [1.29, 1.82) is 0 Å². The first-order chi connectivity index (χ1) is 14.0. The summed E-state index contributed by atoms with van der Waals surface area (Å²) in [5, 5.41) is 4.34. The number of rotatable bonds is 7. The van der Waals surface area contributed by atoms with E-state index in [1.807, 2.05) is 0 Å². The lowest BCUT2D eigenvalue weighted by Crippen LogP contribution is -2.39. The number of nitrogens with zero attached hydrogens (tertiary/aromatic N) is 3. The number of pyridine rings is 1. The highest BCUT2D eigenvalue weighted by Crippen LogP contribution is 2.22. The van der Waals surface area contributed by atoms with Gasteiger partial charge in [0, 0.05) is 16.8 Å². The Labute approximate surface area is 173 Å². The van der Waals surface area contributed by atoms with Crippen molar-refractivity contribution in [2.75, 3.05) is 10.8 Å². The fourth-order valence-electron chi connectivity index (χ4n) is 2.46. The van der Waals surface area contributed by atoms with Crippen molar-refractivity contribution in [2.24, 2.45) is 5.10 Å². The van der Waals surface area contributed by atoms with Gasteiger partial charge in [-0.1, -0.05) is 48.0 Å². The zero-order valence-corrected chi connectivity index (χ0v) is 16.7. The fourth-order valence-corrected chi connectivity index (χ4v) is 4.07. The summed E-state index contributed by atoms with van der Waals surface area (Å²) in [6.07, 6.45) is 4.28. The van der Waals surface area contributed by atoms with Gasteiger partial charge in [-0.3, -0.25) is 14.1 Å². The van der Waals surface area contributed by atoms with Crippen LogP contribution >= 0.6 is 11.6 Å². The van der Waals surface area contributed by atoms with Crippen molar-refractivity contribution in [2.45, 2.75) is 4.90 Å². The molecule has 1 N–H and O–H groups in total. The molecule has 29 heavy (non-hydrogen) atoms. The number of aromatic nitrogens is 1. The molecule has 0 aliphatic heterocycles. The number of carbonyl (C=O) groups is 1. The maximum Gasteiger partial charge on any atom is 0.264 e. The highest BCUT2D eigenvalue weighted by Gasteiger charge is 2.27. The summed E-state index contributed by atoms with van der Waals surface area (Å²) < 4.78 is 27.1. The Morgan fingerprint density at radius 2 is 1.79 bits per heavy atom. The topological polar surface area (TPSA) is 91.7 Å². The van der Waals surface area contributed by atoms with Crippen molar-refractivity contribution in [1.82, 2.24) is 10.4 Å². The molecule has 0 bridgehead atoms. The molecule has 0 aliphatic rings. The summed E-state index contributed by atoms with van der Waals surface area (Å²) in [5.41, 5.74) is 3.21. The van der Waals surface area contributed by atoms with Crippen LogP contribution in [0.2, 0.25) is 5.02 Å². The van der Waals surface area contributed by atoms with Crippen LogP contribution in [0.3, 0.4) is 0 Å². The molecule has 9 heteroatoms. The van der Waals surface area contributed by atoms with Crippen LogP contribution in [0, 0.1) is 0 Å². The van der Waals surface area contributed by atoms with E-state index in [0.717, 1.165) is 4.31 Å². The van der Waals surface area contributed by atoms with E-state index in [4.69, 9.17) is 11.6 Å². The number of hydrogen-bond acceptors (Lipinski definition) is 5. The minimum Gasteiger partial charge on any atom is -0.271 e. The number of hydrogen-bond donors (Lipinski definition) is 1. The molecular formula is C20H17ClN4O3S. The lowest BCUT2D eigenvalue weighted by molar-refractivity contribution is -0.119. The molecule has 0 saturated heterocycles. The summed E-state index contributed by atoms with van der Waals surface area (Å²) in [7, 11) is -3.97. The highest BCUT2D eigenvalue weighted by molar-refractivity contribution is 7.92. The van der Waals surface area contributed by atoms with Gasteiger partial charge in [0.1, 0.15) is 6.54 Å². The van der Waals surface area contributed by atoms with E-state index in [0.29, 0.717) is 10.6 Å². The molecule has 7 nitrogen and oxygen atoms in total. The summed E-state index contributed by atoms with van der Waals surface area (Å²) in [4.78, 5) is 16.4. The Morgan fingerprint density at radius 3 is 2.48 bits per heavy atom. The van der Waals surface area contributed by atoms with E-state index < -0.39 is 22.5 Å². The van der Waals surface area contributed by atoms with Crippen LogP contribution in [-0.4, -0.2) is 32.1 Å². The van der Waals surface area contributed by atoms with Gasteiger partial charge < -0.3 is 0 Å². The van der Waals surface area contributed by atoms with Gasteiger partial charge in [-0.15, -0.1) is 0 Å². The normalized spacial score (nSPS) is 11.3. The largest absolute Gasteiger partial charge is 0.271 e. The van der Waals surface area contributed by atoms with Crippen LogP contribution in [-0.2, 0) is 14.8 Å². The van der Waals surface area contributed by atoms with Crippen LogP contribution in [0.1, 0.15) is 5.56 Å². The quantitative estimate of drug-likeness (QED) is 0.462. The van der Waals surface area contributed by atoms with Crippen molar-refractivity contribution >= 4 is 39.4 Å². The Balaban J connectivity index is 1.81. The number of benzene rings is 2. The number of sulfonamides is 1. The third kappa shape index (κ3) is 5.18. The summed E-state index contributed by atoms with van der Waals surface area (Å²) in [6.45, 7) is -0.469. The van der Waals surface area contributed by atoms with Gasteiger partial charge in [-0.25, -0.2) is 13.8 Å². The van der Waals surface area contributed by atoms with E-state index in [1.165, 1.54) is 30.7 Å². The molecule has 1 heterocycles. The molecule has 1 amide bonds. The van der Waals surface area contributed by atoms with Gasteiger partial charge in [0.15, 0.2) is 0 Å². The van der Waals surface area contributed by atoms with E-state index >= 15 is 0 Å². The maximum absolute atomic E-state index is 13.1. The first-order valence-corrected chi connectivity index (χ1v) is 10.3. The minimum atomic E-state index is -3.97. The lowest BCUT2D eigenvalue weighted by atomic mass is 10.2. The molecule has 1 aromatic heterocycles. The molecule has 0 atom stereocenters. The standard InChI is InChI=1S/C20H17ClN4O3S/c21-19-11-5-4-7-16(19)13-23-24-20(26)15-25(17-8-6-12-22-14-17)29(27,28)18-9-2-1-3-10-18/h1-14H,15H2,(H,24,26)/b23-13-. The van der Waals surface area contributed by atoms with Crippen LogP contribution in [0.15, 0.2) is 89.1 Å². The highest BCUT2D eigenvalue weighted by atomic mass is 35.5. The minimum absolute atomic E-state index is 0.0659. The third-order valence-corrected chi connectivity index (χ3v) is 5.98. The zero-order valence-electron chi connectivity index (χ0n) is 15.1. The smallest absolute Gasteiger partial charge is 0.264 e. The third-order valence-electron chi connectivity index (χ3n) is 3.85. The Morgan fingerprint density at radius 1 is 1.07 bits per heavy atom. The van der Waals surface area contributed by atoms with Crippen molar-refractivity contribution in [3.8, 4) is 0 Å². The predicted octanol–water partition coefficient (Wildman–Crippen LogP) is 3.08. The lowest BCUT2D eigenvalue weighted by Gasteiger charge is -2.23. The number of halogens is 1. The van der Waals surface area contributed by atoms with E-state index in [-0.39, 0.29) is 10.6 Å². The molecular weight excluding hydrogens is 412 g/mol. The van der Waals surface area contributed by atoms with Crippen LogP contribution in [0.5, 0.6) is 0 Å². The van der Waals surface area contributed by atoms with E-state index in [9.17, 15) is 13.2 Å². The SMILES string of the molecule is O=C(CN(c1cccnc1)S(=O)(=O)c1ccccc1)N/N=C\c1ccccc1Cl. The van der Waals surface area contributed by atoms with E-state index in [1.54, 1.807) is 54.6 Å². The first kappa shape index (κ1) is 20.5. The number of nitrogens with one attached hydrogen (secondary N) is 1. The number of anilines is 1. The Hall–Kier alpha value is -3.23. The maximum atomic E-state index is 13.1. The molecule has 3 rings (SSSR count). The number of carbonyl (C=O) groups excluding carboxylic acids is 1. The first-order valence-electron chi connectivity index (χ1n) is 8.53. The van der Waals surface area contributed by atoms with Gasteiger partial charge in [0.05, 0.1) is 23.0 Å². The van der Waals surface area contributed by atoms with Gasteiger partial charge in [0.25, 0.3) is 15.9 Å². The number of amides is 1.